The third-order valence-corrected chi connectivity index (χ3v) is 4.37. The number of hydrogen-bond acceptors (Lipinski definition) is 6. The highest BCUT2D eigenvalue weighted by molar-refractivity contribution is 7.99. The molecule has 108 valence electrons. The summed E-state index contributed by atoms with van der Waals surface area (Å²) >= 11 is 1.43. The van der Waals surface area contributed by atoms with Crippen LogP contribution in [0.4, 0.5) is 0 Å². The molecule has 4 N–H and O–H groups in total. The number of aliphatic hydroxyl groups is 4. The normalized spacial score (nSPS) is 36.8. The molecule has 0 bridgehead atoms. The van der Waals surface area contributed by atoms with Gasteiger partial charge in [-0.15, -0.1) is 11.8 Å². The van der Waals surface area contributed by atoms with E-state index < -0.39 is 29.9 Å². The smallest absolute Gasteiger partial charge is 0.132 e. The number of unbranched alkanes of at least 4 members (excludes halogenated alkanes) is 3. The molecule has 1 rings (SSSR count). The van der Waals surface area contributed by atoms with E-state index in [-0.39, 0.29) is 6.61 Å². The Balaban J connectivity index is 2.35. The van der Waals surface area contributed by atoms with Crippen molar-refractivity contribution in [1.82, 2.24) is 0 Å². The lowest BCUT2D eigenvalue weighted by atomic mass is 10.0. The lowest BCUT2D eigenvalue weighted by molar-refractivity contribution is -0.205. The van der Waals surface area contributed by atoms with Crippen molar-refractivity contribution in [1.29, 1.82) is 0 Å². The van der Waals surface area contributed by atoms with Gasteiger partial charge in [0, 0.05) is 0 Å². The van der Waals surface area contributed by atoms with E-state index in [1.807, 2.05) is 0 Å². The SMILES string of the molecule is CCCCCCS[C@@H]1O[C@H](CO)[C@@H](O)[C@H](O)[C@H]1O. The maximum absolute atomic E-state index is 9.79. The van der Waals surface area contributed by atoms with E-state index in [2.05, 4.69) is 6.92 Å². The molecule has 0 aromatic carbocycles. The van der Waals surface area contributed by atoms with E-state index in [0.717, 1.165) is 18.6 Å². The largest absolute Gasteiger partial charge is 0.394 e. The van der Waals surface area contributed by atoms with Crippen LogP contribution in [0.1, 0.15) is 32.6 Å². The summed E-state index contributed by atoms with van der Waals surface area (Å²) in [6, 6.07) is 0. The molecule has 0 saturated carbocycles. The summed E-state index contributed by atoms with van der Waals surface area (Å²) in [5, 5.41) is 38.0. The second-order valence-electron chi connectivity index (χ2n) is 4.63. The fourth-order valence-corrected chi connectivity index (χ4v) is 3.12. The van der Waals surface area contributed by atoms with E-state index in [1.165, 1.54) is 24.6 Å². The molecule has 0 aromatic heterocycles. The zero-order valence-electron chi connectivity index (χ0n) is 10.7. The average molecular weight is 280 g/mol. The highest BCUT2D eigenvalue weighted by Gasteiger charge is 2.43. The fraction of sp³-hybridized carbons (Fsp3) is 1.00. The van der Waals surface area contributed by atoms with Crippen LogP contribution in [0.5, 0.6) is 0 Å². The number of hydrogen-bond donors (Lipinski definition) is 4. The van der Waals surface area contributed by atoms with Gasteiger partial charge in [0.1, 0.15) is 29.9 Å². The summed E-state index contributed by atoms with van der Waals surface area (Å²) < 4.78 is 5.39. The van der Waals surface area contributed by atoms with Gasteiger partial charge in [0.2, 0.25) is 0 Å². The number of thioether (sulfide) groups is 1. The zero-order valence-corrected chi connectivity index (χ0v) is 11.6. The van der Waals surface area contributed by atoms with Gasteiger partial charge in [-0.1, -0.05) is 26.2 Å². The van der Waals surface area contributed by atoms with Crippen molar-refractivity contribution in [2.45, 2.75) is 62.5 Å². The van der Waals surface area contributed by atoms with E-state index in [1.54, 1.807) is 0 Å². The molecule has 1 heterocycles. The first kappa shape index (κ1) is 16.2. The van der Waals surface area contributed by atoms with Crippen LogP contribution in [0.2, 0.25) is 0 Å². The first-order chi connectivity index (χ1) is 8.61. The molecule has 5 atom stereocenters. The zero-order chi connectivity index (χ0) is 13.5. The molecule has 0 amide bonds. The molecule has 18 heavy (non-hydrogen) atoms. The summed E-state index contributed by atoms with van der Waals surface area (Å²) in [6.45, 7) is 1.78. The van der Waals surface area contributed by atoms with E-state index >= 15 is 0 Å². The maximum atomic E-state index is 9.79. The van der Waals surface area contributed by atoms with Crippen LogP contribution < -0.4 is 0 Å². The van der Waals surface area contributed by atoms with Crippen molar-refractivity contribution >= 4 is 11.8 Å². The van der Waals surface area contributed by atoms with Crippen molar-refractivity contribution in [3.05, 3.63) is 0 Å². The minimum atomic E-state index is -1.26. The minimum Gasteiger partial charge on any atom is -0.394 e. The molecule has 1 fully saturated rings. The van der Waals surface area contributed by atoms with Crippen LogP contribution in [-0.4, -0.2) is 62.6 Å². The molecule has 0 radical (unpaired) electrons. The molecular weight excluding hydrogens is 256 g/mol. The molecule has 0 spiro atoms. The Morgan fingerprint density at radius 2 is 1.72 bits per heavy atom. The van der Waals surface area contributed by atoms with E-state index in [4.69, 9.17) is 9.84 Å². The van der Waals surface area contributed by atoms with Gasteiger partial charge in [-0.05, 0) is 12.2 Å². The highest BCUT2D eigenvalue weighted by Crippen LogP contribution is 2.29. The monoisotopic (exact) mass is 280 g/mol. The average Bonchev–Trinajstić information content (AvgIpc) is 2.38. The Kier molecular flexibility index (Phi) is 7.51. The molecular formula is C12H24O5S. The maximum Gasteiger partial charge on any atom is 0.132 e. The summed E-state index contributed by atoms with van der Waals surface area (Å²) in [5.41, 5.74) is -0.581. The van der Waals surface area contributed by atoms with Gasteiger partial charge >= 0.3 is 0 Å². The summed E-state index contributed by atoms with van der Waals surface area (Å²) in [5.74, 6) is 0.836. The molecule has 0 aliphatic carbocycles. The Labute approximate surface area is 112 Å². The molecule has 6 heteroatoms. The lowest BCUT2D eigenvalue weighted by Gasteiger charge is -2.39. The first-order valence-electron chi connectivity index (χ1n) is 6.54. The van der Waals surface area contributed by atoms with Gasteiger partial charge in [0.05, 0.1) is 6.61 Å². The molecule has 1 aliphatic heterocycles. The van der Waals surface area contributed by atoms with Gasteiger partial charge in [-0.3, -0.25) is 0 Å². The van der Waals surface area contributed by atoms with Crippen LogP contribution in [0.3, 0.4) is 0 Å². The van der Waals surface area contributed by atoms with E-state index in [0.29, 0.717) is 0 Å². The molecule has 1 aliphatic rings. The topological polar surface area (TPSA) is 90.2 Å². The lowest BCUT2D eigenvalue weighted by Crippen LogP contribution is -2.57. The van der Waals surface area contributed by atoms with Crippen LogP contribution in [-0.2, 0) is 4.74 Å². The van der Waals surface area contributed by atoms with Crippen molar-refractivity contribution in [3.63, 3.8) is 0 Å². The summed E-state index contributed by atoms with van der Waals surface area (Å²) in [7, 11) is 0. The first-order valence-corrected chi connectivity index (χ1v) is 7.58. The minimum absolute atomic E-state index is 0.363. The van der Waals surface area contributed by atoms with Crippen molar-refractivity contribution in [2.75, 3.05) is 12.4 Å². The number of ether oxygens (including phenoxy) is 1. The standard InChI is InChI=1S/C12H24O5S/c1-2-3-4-5-6-18-12-11(16)10(15)9(14)8(7-13)17-12/h8-16H,2-7H2,1H3/t8-,9-,10+,11-,12+/m1/s1. The Morgan fingerprint density at radius 3 is 2.33 bits per heavy atom. The molecule has 0 aromatic rings. The predicted molar refractivity (Wildman–Crippen MR) is 70.4 cm³/mol. The quantitative estimate of drug-likeness (QED) is 0.495. The number of aliphatic hydroxyl groups excluding tert-OH is 4. The predicted octanol–water partition coefficient (Wildman–Crippen LogP) is 0.0998. The van der Waals surface area contributed by atoms with Gasteiger partial charge in [-0.25, -0.2) is 0 Å². The summed E-state index contributed by atoms with van der Waals surface area (Å²) in [4.78, 5) is 0. The van der Waals surface area contributed by atoms with Crippen molar-refractivity contribution in [2.24, 2.45) is 0 Å². The van der Waals surface area contributed by atoms with Gasteiger partial charge in [-0.2, -0.15) is 0 Å². The molecule has 5 nitrogen and oxygen atoms in total. The van der Waals surface area contributed by atoms with Crippen LogP contribution in [0.25, 0.3) is 0 Å². The molecule has 0 unspecified atom stereocenters. The van der Waals surface area contributed by atoms with Crippen LogP contribution in [0.15, 0.2) is 0 Å². The summed E-state index contributed by atoms with van der Waals surface area (Å²) in [6.07, 6.45) is 0.107. The Bertz CT molecular complexity index is 227. The van der Waals surface area contributed by atoms with Crippen LogP contribution >= 0.6 is 11.8 Å². The third-order valence-electron chi connectivity index (χ3n) is 3.13. The van der Waals surface area contributed by atoms with Crippen LogP contribution in [0, 0.1) is 0 Å². The van der Waals surface area contributed by atoms with E-state index in [9.17, 15) is 15.3 Å². The Morgan fingerprint density at radius 1 is 1.00 bits per heavy atom. The highest BCUT2D eigenvalue weighted by atomic mass is 32.2. The third kappa shape index (κ3) is 4.36. The van der Waals surface area contributed by atoms with Crippen molar-refractivity contribution < 1.29 is 25.2 Å². The van der Waals surface area contributed by atoms with Gasteiger partial charge < -0.3 is 25.2 Å². The second-order valence-corrected chi connectivity index (χ2v) is 5.83. The Hall–Kier alpha value is 0.150. The van der Waals surface area contributed by atoms with Crippen molar-refractivity contribution in [3.8, 4) is 0 Å². The van der Waals surface area contributed by atoms with Gasteiger partial charge in [0.15, 0.2) is 0 Å². The molecule has 1 saturated heterocycles. The fourth-order valence-electron chi connectivity index (χ4n) is 1.93. The van der Waals surface area contributed by atoms with Gasteiger partial charge in [0.25, 0.3) is 0 Å². The number of rotatable bonds is 7. The second kappa shape index (κ2) is 8.35.